The fourth-order valence-electron chi connectivity index (χ4n) is 2.06. The number of nitrogens with zero attached hydrogens (tertiary/aromatic N) is 1. The van der Waals surface area contributed by atoms with Gasteiger partial charge in [0.2, 0.25) is 5.90 Å². The highest BCUT2D eigenvalue weighted by Crippen LogP contribution is 2.25. The van der Waals surface area contributed by atoms with Gasteiger partial charge in [-0.15, -0.1) is 0 Å². The lowest BCUT2D eigenvalue weighted by atomic mass is 10.2. The quantitative estimate of drug-likeness (QED) is 0.641. The van der Waals surface area contributed by atoms with E-state index in [0.717, 1.165) is 5.56 Å². The van der Waals surface area contributed by atoms with E-state index >= 15 is 0 Å². The van der Waals surface area contributed by atoms with Crippen molar-refractivity contribution in [3.8, 4) is 5.75 Å². The van der Waals surface area contributed by atoms with Crippen LogP contribution < -0.4 is 4.74 Å². The first-order chi connectivity index (χ1) is 10.7. The van der Waals surface area contributed by atoms with Crippen LogP contribution in [-0.2, 0) is 9.53 Å². The average Bonchev–Trinajstić information content (AvgIpc) is 2.90. The number of esters is 1. The third kappa shape index (κ3) is 2.87. The van der Waals surface area contributed by atoms with E-state index in [0.29, 0.717) is 16.3 Å². The maximum atomic E-state index is 12.0. The smallest absolute Gasteiger partial charge is 0.363 e. The summed E-state index contributed by atoms with van der Waals surface area (Å²) >= 11 is 5.84. The van der Waals surface area contributed by atoms with Crippen molar-refractivity contribution < 1.29 is 14.3 Å². The van der Waals surface area contributed by atoms with E-state index in [-0.39, 0.29) is 11.6 Å². The molecule has 0 atom stereocenters. The maximum absolute atomic E-state index is 12.0. The van der Waals surface area contributed by atoms with Crippen LogP contribution in [0.5, 0.6) is 5.75 Å². The Morgan fingerprint density at radius 3 is 2.59 bits per heavy atom. The van der Waals surface area contributed by atoms with Crippen LogP contribution in [0.2, 0.25) is 5.02 Å². The summed E-state index contributed by atoms with van der Waals surface area (Å²) < 4.78 is 10.5. The number of rotatable bonds is 3. The molecular weight excluding hydrogens is 302 g/mol. The minimum atomic E-state index is -0.490. The predicted molar refractivity (Wildman–Crippen MR) is 85.1 cm³/mol. The molecule has 0 fully saturated rings. The fourth-order valence-corrected chi connectivity index (χ4v) is 2.19. The molecule has 0 N–H and O–H groups in total. The van der Waals surface area contributed by atoms with Gasteiger partial charge in [-0.2, -0.15) is 0 Å². The normalized spacial score (nSPS) is 15.6. The summed E-state index contributed by atoms with van der Waals surface area (Å²) in [5.41, 5.74) is 1.70. The van der Waals surface area contributed by atoms with E-state index in [4.69, 9.17) is 21.1 Å². The van der Waals surface area contributed by atoms with Crippen LogP contribution in [0.4, 0.5) is 0 Å². The molecule has 0 unspecified atom stereocenters. The van der Waals surface area contributed by atoms with Gasteiger partial charge in [0.25, 0.3) is 0 Å². The molecule has 0 saturated heterocycles. The third-order valence-electron chi connectivity index (χ3n) is 3.13. The highest BCUT2D eigenvalue weighted by Gasteiger charge is 2.25. The Kier molecular flexibility index (Phi) is 3.94. The van der Waals surface area contributed by atoms with Gasteiger partial charge in [0.1, 0.15) is 5.75 Å². The van der Waals surface area contributed by atoms with Gasteiger partial charge in [-0.25, -0.2) is 9.79 Å². The minimum Gasteiger partial charge on any atom is -0.496 e. The van der Waals surface area contributed by atoms with E-state index < -0.39 is 5.97 Å². The Labute approximate surface area is 132 Å². The van der Waals surface area contributed by atoms with Gasteiger partial charge in [0.05, 0.1) is 12.7 Å². The van der Waals surface area contributed by atoms with Gasteiger partial charge >= 0.3 is 5.97 Å². The lowest BCUT2D eigenvalue weighted by Gasteiger charge is -2.05. The molecule has 4 nitrogen and oxygen atoms in total. The van der Waals surface area contributed by atoms with E-state index in [1.54, 1.807) is 49.6 Å². The lowest BCUT2D eigenvalue weighted by molar-refractivity contribution is -0.129. The number of methoxy groups -OCH3 is 1. The third-order valence-corrected chi connectivity index (χ3v) is 3.38. The monoisotopic (exact) mass is 313 g/mol. The number of aliphatic imine (C=N–C) groups is 1. The zero-order valence-electron chi connectivity index (χ0n) is 11.7. The number of para-hydroxylation sites is 1. The van der Waals surface area contributed by atoms with E-state index in [2.05, 4.69) is 4.99 Å². The summed E-state index contributed by atoms with van der Waals surface area (Å²) in [6.07, 6.45) is 1.65. The molecule has 0 amide bonds. The standard InChI is InChI=1S/C17H12ClNO3/c1-21-15-5-3-2-4-13(15)16-19-14(17(20)22-16)10-11-6-8-12(18)9-7-11/h2-10H,1H3. The minimum absolute atomic E-state index is 0.239. The van der Waals surface area contributed by atoms with E-state index in [9.17, 15) is 4.79 Å². The Bertz CT molecular complexity index is 779. The number of ether oxygens (including phenoxy) is 2. The van der Waals surface area contributed by atoms with Crippen molar-refractivity contribution in [3.63, 3.8) is 0 Å². The van der Waals surface area contributed by atoms with Gasteiger partial charge in [0.15, 0.2) is 5.70 Å². The Morgan fingerprint density at radius 1 is 1.14 bits per heavy atom. The molecule has 3 rings (SSSR count). The van der Waals surface area contributed by atoms with Gasteiger partial charge in [0, 0.05) is 5.02 Å². The second-order valence-corrected chi connectivity index (χ2v) is 5.02. The molecule has 0 aromatic heterocycles. The van der Waals surface area contributed by atoms with E-state index in [1.165, 1.54) is 0 Å². The molecular formula is C17H12ClNO3. The summed E-state index contributed by atoms with van der Waals surface area (Å²) in [5, 5.41) is 0.634. The number of carbonyl (C=O) groups excluding carboxylic acids is 1. The summed E-state index contributed by atoms with van der Waals surface area (Å²) in [6, 6.07) is 14.3. The molecule has 1 aliphatic heterocycles. The van der Waals surface area contributed by atoms with Crippen molar-refractivity contribution >= 4 is 29.5 Å². The van der Waals surface area contributed by atoms with Crippen LogP contribution in [0, 0.1) is 0 Å². The van der Waals surface area contributed by atoms with Crippen LogP contribution in [0.3, 0.4) is 0 Å². The zero-order chi connectivity index (χ0) is 15.5. The largest absolute Gasteiger partial charge is 0.496 e. The maximum Gasteiger partial charge on any atom is 0.363 e. The fraction of sp³-hybridized carbons (Fsp3) is 0.0588. The van der Waals surface area contributed by atoms with Crippen LogP contribution in [0.15, 0.2) is 59.2 Å². The van der Waals surface area contributed by atoms with Crippen LogP contribution in [0.1, 0.15) is 11.1 Å². The Morgan fingerprint density at radius 2 is 1.86 bits per heavy atom. The SMILES string of the molecule is COc1ccccc1C1=NC(=Cc2ccc(Cl)cc2)C(=O)O1. The lowest BCUT2D eigenvalue weighted by Crippen LogP contribution is -2.06. The molecule has 22 heavy (non-hydrogen) atoms. The number of hydrogen-bond acceptors (Lipinski definition) is 4. The number of cyclic esters (lactones) is 1. The van der Waals surface area contributed by atoms with E-state index in [1.807, 2.05) is 12.1 Å². The number of carbonyl (C=O) groups is 1. The molecule has 1 aliphatic rings. The Balaban J connectivity index is 1.96. The van der Waals surface area contributed by atoms with Crippen molar-refractivity contribution in [2.45, 2.75) is 0 Å². The average molecular weight is 314 g/mol. The zero-order valence-corrected chi connectivity index (χ0v) is 12.5. The summed E-state index contributed by atoms with van der Waals surface area (Å²) in [6.45, 7) is 0. The molecule has 5 heteroatoms. The molecule has 1 heterocycles. The highest BCUT2D eigenvalue weighted by atomic mass is 35.5. The molecule has 0 saturated carbocycles. The van der Waals surface area contributed by atoms with Gasteiger partial charge in [-0.1, -0.05) is 35.9 Å². The number of halogens is 1. The summed E-state index contributed by atoms with van der Waals surface area (Å²) in [5.74, 6) is 0.348. The van der Waals surface area contributed by atoms with Crippen LogP contribution >= 0.6 is 11.6 Å². The van der Waals surface area contributed by atoms with Gasteiger partial charge < -0.3 is 9.47 Å². The molecule has 2 aromatic rings. The van der Waals surface area contributed by atoms with Crippen molar-refractivity contribution in [1.29, 1.82) is 0 Å². The Hall–Kier alpha value is -2.59. The van der Waals surface area contributed by atoms with Crippen molar-refractivity contribution in [2.75, 3.05) is 7.11 Å². The predicted octanol–water partition coefficient (Wildman–Crippen LogP) is 3.69. The number of benzene rings is 2. The second-order valence-electron chi connectivity index (χ2n) is 4.59. The van der Waals surface area contributed by atoms with Crippen molar-refractivity contribution in [2.24, 2.45) is 4.99 Å². The molecule has 110 valence electrons. The topological polar surface area (TPSA) is 47.9 Å². The van der Waals surface area contributed by atoms with Crippen LogP contribution in [0.25, 0.3) is 6.08 Å². The molecule has 0 spiro atoms. The first kappa shape index (κ1) is 14.4. The van der Waals surface area contributed by atoms with Crippen LogP contribution in [-0.4, -0.2) is 19.0 Å². The second kappa shape index (κ2) is 6.03. The highest BCUT2D eigenvalue weighted by molar-refractivity contribution is 6.30. The van der Waals surface area contributed by atoms with Crippen molar-refractivity contribution in [1.82, 2.24) is 0 Å². The molecule has 0 radical (unpaired) electrons. The molecule has 0 bridgehead atoms. The summed E-state index contributed by atoms with van der Waals surface area (Å²) in [4.78, 5) is 16.2. The molecule has 2 aromatic carbocycles. The van der Waals surface area contributed by atoms with Gasteiger partial charge in [-0.3, -0.25) is 0 Å². The first-order valence-corrected chi connectivity index (χ1v) is 6.96. The number of hydrogen-bond donors (Lipinski definition) is 0. The van der Waals surface area contributed by atoms with Gasteiger partial charge in [-0.05, 0) is 35.9 Å². The first-order valence-electron chi connectivity index (χ1n) is 6.59. The van der Waals surface area contributed by atoms with Crippen molar-refractivity contribution in [3.05, 3.63) is 70.4 Å². The molecule has 0 aliphatic carbocycles. The summed E-state index contributed by atoms with van der Waals surface area (Å²) in [7, 11) is 1.56.